The van der Waals surface area contributed by atoms with Crippen molar-refractivity contribution in [3.8, 4) is 16.9 Å². The second-order valence-electron chi connectivity index (χ2n) is 9.11. The Bertz CT molecular complexity index is 1380. The fraction of sp³-hybridized carbons (Fsp3) is 0.241. The van der Waals surface area contributed by atoms with E-state index in [0.29, 0.717) is 24.3 Å². The monoisotopic (exact) mass is 470 g/mol. The number of ether oxygens (including phenoxy) is 1. The summed E-state index contributed by atoms with van der Waals surface area (Å²) in [5.74, 6) is 1.24. The van der Waals surface area contributed by atoms with Crippen molar-refractivity contribution in [3.05, 3.63) is 101 Å². The average Bonchev–Trinajstić information content (AvgIpc) is 3.46. The first-order valence-electron chi connectivity index (χ1n) is 11.7. The topological polar surface area (TPSA) is 55.6 Å². The molecule has 1 fully saturated rings. The van der Waals surface area contributed by atoms with Crippen LogP contribution in [-0.4, -0.2) is 24.7 Å². The lowest BCUT2D eigenvalue weighted by Gasteiger charge is -2.17. The summed E-state index contributed by atoms with van der Waals surface area (Å²) in [6.07, 6.45) is 1.18. The number of hydrogen-bond acceptors (Lipinski definition) is 4. The van der Waals surface area contributed by atoms with Crippen LogP contribution in [-0.2, 0) is 11.2 Å². The van der Waals surface area contributed by atoms with E-state index < -0.39 is 0 Å². The van der Waals surface area contributed by atoms with Crippen molar-refractivity contribution >= 4 is 11.6 Å². The fourth-order valence-corrected chi connectivity index (χ4v) is 4.65. The number of methoxy groups -OCH3 is 1. The predicted molar refractivity (Wildman–Crippen MR) is 133 cm³/mol. The van der Waals surface area contributed by atoms with Gasteiger partial charge >= 0.3 is 0 Å². The quantitative estimate of drug-likeness (QED) is 0.336. The van der Waals surface area contributed by atoms with Gasteiger partial charge in [-0.25, -0.2) is 4.39 Å². The molecular formula is C29H27FN2O3. The molecule has 0 spiro atoms. The van der Waals surface area contributed by atoms with E-state index in [1.807, 2.05) is 55.1 Å². The molecule has 1 atom stereocenters. The van der Waals surface area contributed by atoms with Crippen molar-refractivity contribution in [1.29, 1.82) is 0 Å². The molecule has 1 aromatic heterocycles. The van der Waals surface area contributed by atoms with Crippen LogP contribution >= 0.6 is 0 Å². The maximum absolute atomic E-state index is 14.4. The van der Waals surface area contributed by atoms with Gasteiger partial charge in [-0.15, -0.1) is 0 Å². The number of halogens is 1. The number of benzene rings is 3. The number of rotatable bonds is 6. The summed E-state index contributed by atoms with van der Waals surface area (Å²) < 4.78 is 25.0. The molecule has 5 nitrogen and oxygen atoms in total. The number of carbonyl (C=O) groups is 1. The summed E-state index contributed by atoms with van der Waals surface area (Å²) in [6, 6.07) is 20.8. The number of hydrogen-bond donors (Lipinski definition) is 0. The Morgan fingerprint density at radius 1 is 1.06 bits per heavy atom. The van der Waals surface area contributed by atoms with Gasteiger partial charge in [0.15, 0.2) is 0 Å². The molecule has 5 rings (SSSR count). The van der Waals surface area contributed by atoms with Crippen molar-refractivity contribution in [2.45, 2.75) is 32.6 Å². The number of amides is 1. The van der Waals surface area contributed by atoms with Gasteiger partial charge in [0.2, 0.25) is 5.91 Å². The summed E-state index contributed by atoms with van der Waals surface area (Å²) in [6.45, 7) is 4.51. The molecule has 1 aliphatic heterocycles. The first kappa shape index (κ1) is 22.8. The Hall–Kier alpha value is -3.93. The molecule has 1 unspecified atom stereocenters. The number of carbonyl (C=O) groups excluding carboxylic acids is 1. The molecule has 1 amide bonds. The van der Waals surface area contributed by atoms with Crippen molar-refractivity contribution in [3.63, 3.8) is 0 Å². The molecule has 2 heterocycles. The van der Waals surface area contributed by atoms with E-state index >= 15 is 0 Å². The van der Waals surface area contributed by atoms with Crippen LogP contribution in [0.3, 0.4) is 0 Å². The zero-order valence-electron chi connectivity index (χ0n) is 20.0. The molecule has 6 heteroatoms. The van der Waals surface area contributed by atoms with Crippen LogP contribution in [0.4, 0.5) is 10.1 Å². The van der Waals surface area contributed by atoms with Gasteiger partial charge in [-0.2, -0.15) is 0 Å². The number of anilines is 1. The summed E-state index contributed by atoms with van der Waals surface area (Å²) in [5, 5.41) is 3.95. The molecular weight excluding hydrogens is 443 g/mol. The van der Waals surface area contributed by atoms with E-state index in [0.717, 1.165) is 40.3 Å². The van der Waals surface area contributed by atoms with Crippen LogP contribution in [0.2, 0.25) is 0 Å². The molecule has 178 valence electrons. The molecule has 0 radical (unpaired) electrons. The molecule has 4 aromatic rings. The highest BCUT2D eigenvalue weighted by molar-refractivity contribution is 5.96. The molecule has 0 aliphatic carbocycles. The minimum absolute atomic E-state index is 0.0268. The van der Waals surface area contributed by atoms with Gasteiger partial charge in [0, 0.05) is 36.2 Å². The summed E-state index contributed by atoms with van der Waals surface area (Å²) in [4.78, 5) is 14.4. The Morgan fingerprint density at radius 2 is 1.86 bits per heavy atom. The minimum atomic E-state index is -0.273. The Labute approximate surface area is 204 Å². The largest absolute Gasteiger partial charge is 0.497 e. The summed E-state index contributed by atoms with van der Waals surface area (Å²) >= 11 is 0. The molecule has 0 saturated carbocycles. The highest BCUT2D eigenvalue weighted by Crippen LogP contribution is 2.33. The van der Waals surface area contributed by atoms with Crippen LogP contribution in [0.1, 0.15) is 40.5 Å². The van der Waals surface area contributed by atoms with E-state index in [1.165, 1.54) is 11.6 Å². The Morgan fingerprint density at radius 3 is 2.54 bits per heavy atom. The van der Waals surface area contributed by atoms with Crippen LogP contribution in [0.15, 0.2) is 71.3 Å². The van der Waals surface area contributed by atoms with Crippen molar-refractivity contribution in [1.82, 2.24) is 5.16 Å². The number of aryl methyl sites for hydroxylation is 2. The SMILES string of the molecule is COc1ccc(F)c(-c2ccc(Cc3ccc(N4CC(c5cc(C)no5)CC4=O)cc3)c(C)c2)c1. The number of nitrogens with zero attached hydrogens (tertiary/aromatic N) is 2. The first-order valence-corrected chi connectivity index (χ1v) is 11.7. The van der Waals surface area contributed by atoms with E-state index in [1.54, 1.807) is 19.2 Å². The lowest BCUT2D eigenvalue weighted by Crippen LogP contribution is -2.24. The molecule has 3 aromatic carbocycles. The second kappa shape index (κ2) is 9.37. The van der Waals surface area contributed by atoms with Gasteiger partial charge in [0.25, 0.3) is 0 Å². The van der Waals surface area contributed by atoms with Crippen LogP contribution < -0.4 is 9.64 Å². The maximum atomic E-state index is 14.4. The van der Waals surface area contributed by atoms with Crippen molar-refractivity contribution < 1.29 is 18.4 Å². The van der Waals surface area contributed by atoms with E-state index in [9.17, 15) is 9.18 Å². The van der Waals surface area contributed by atoms with E-state index in [-0.39, 0.29) is 17.6 Å². The van der Waals surface area contributed by atoms with Gasteiger partial charge in [-0.1, -0.05) is 35.5 Å². The fourth-order valence-electron chi connectivity index (χ4n) is 4.65. The zero-order valence-corrected chi connectivity index (χ0v) is 20.0. The van der Waals surface area contributed by atoms with Gasteiger partial charge < -0.3 is 14.2 Å². The third kappa shape index (κ3) is 4.69. The molecule has 1 aliphatic rings. The van der Waals surface area contributed by atoms with E-state index in [4.69, 9.17) is 9.26 Å². The minimum Gasteiger partial charge on any atom is -0.497 e. The molecule has 0 bridgehead atoms. The van der Waals surface area contributed by atoms with Crippen LogP contribution in [0, 0.1) is 19.7 Å². The molecule has 1 saturated heterocycles. The zero-order chi connectivity index (χ0) is 24.5. The standard InChI is InChI=1S/C29H27FN2O3/c1-18-12-22(26-16-25(34-3)10-11-27(26)30)7-6-21(18)14-20-4-8-24(9-5-20)32-17-23(15-29(32)33)28-13-19(2)31-35-28/h4-13,16,23H,14-15,17H2,1-3H3. The smallest absolute Gasteiger partial charge is 0.227 e. The van der Waals surface area contributed by atoms with Gasteiger partial charge in [0.05, 0.1) is 12.8 Å². The third-order valence-electron chi connectivity index (χ3n) is 6.64. The lowest BCUT2D eigenvalue weighted by atomic mass is 9.95. The van der Waals surface area contributed by atoms with Gasteiger partial charge in [-0.05, 0) is 72.9 Å². The normalized spacial score (nSPS) is 15.6. The molecule has 35 heavy (non-hydrogen) atoms. The van der Waals surface area contributed by atoms with Crippen LogP contribution in [0.5, 0.6) is 5.75 Å². The first-order chi connectivity index (χ1) is 16.9. The second-order valence-corrected chi connectivity index (χ2v) is 9.11. The maximum Gasteiger partial charge on any atom is 0.227 e. The Balaban J connectivity index is 1.30. The summed E-state index contributed by atoms with van der Waals surface area (Å²) in [5.41, 5.74) is 6.47. The highest BCUT2D eigenvalue weighted by atomic mass is 19.1. The average molecular weight is 471 g/mol. The van der Waals surface area contributed by atoms with Gasteiger partial charge in [-0.3, -0.25) is 4.79 Å². The summed E-state index contributed by atoms with van der Waals surface area (Å²) in [7, 11) is 1.58. The van der Waals surface area contributed by atoms with Gasteiger partial charge in [0.1, 0.15) is 17.3 Å². The van der Waals surface area contributed by atoms with Crippen molar-refractivity contribution in [2.24, 2.45) is 0 Å². The predicted octanol–water partition coefficient (Wildman–Crippen LogP) is 6.22. The lowest BCUT2D eigenvalue weighted by molar-refractivity contribution is -0.117. The molecule has 0 N–H and O–H groups in total. The third-order valence-corrected chi connectivity index (χ3v) is 6.64. The number of aromatic nitrogens is 1. The highest BCUT2D eigenvalue weighted by Gasteiger charge is 2.33. The van der Waals surface area contributed by atoms with E-state index in [2.05, 4.69) is 17.3 Å². The van der Waals surface area contributed by atoms with Crippen molar-refractivity contribution in [2.75, 3.05) is 18.6 Å². The van der Waals surface area contributed by atoms with Crippen LogP contribution in [0.25, 0.3) is 11.1 Å². The Kier molecular flexibility index (Phi) is 6.12.